The molecule has 0 aliphatic heterocycles. The van der Waals surface area contributed by atoms with Crippen molar-refractivity contribution in [3.63, 3.8) is 0 Å². The van der Waals surface area contributed by atoms with E-state index in [9.17, 15) is 9.59 Å². The fourth-order valence-corrected chi connectivity index (χ4v) is 1.76. The van der Waals surface area contributed by atoms with Gasteiger partial charge in [-0.25, -0.2) is 4.79 Å². The van der Waals surface area contributed by atoms with E-state index in [0.717, 1.165) is 5.56 Å². The van der Waals surface area contributed by atoms with Crippen molar-refractivity contribution in [3.05, 3.63) is 29.8 Å². The number of halogens is 1. The summed E-state index contributed by atoms with van der Waals surface area (Å²) in [6.45, 7) is 2.96. The van der Waals surface area contributed by atoms with Crippen LogP contribution >= 0.6 is 12.4 Å². The second-order valence-electron chi connectivity index (χ2n) is 5.20. The lowest BCUT2D eigenvalue weighted by Gasteiger charge is -2.14. The highest BCUT2D eigenvalue weighted by Gasteiger charge is 2.11. The SMILES string of the molecule is CNCC(C)C(=O)NCc1cccc(NC(=O)N(C)C)c1.Cl. The van der Waals surface area contributed by atoms with E-state index in [1.165, 1.54) is 4.90 Å². The van der Waals surface area contributed by atoms with Crippen LogP contribution in [0, 0.1) is 5.92 Å². The molecule has 0 aliphatic rings. The van der Waals surface area contributed by atoms with Crippen LogP contribution in [0.3, 0.4) is 0 Å². The zero-order valence-electron chi connectivity index (χ0n) is 13.5. The first kappa shape index (κ1) is 20.2. The number of amides is 3. The standard InChI is InChI=1S/C15H24N4O2.ClH/c1-11(9-16-2)14(20)17-10-12-6-5-7-13(8-12)18-15(21)19(3)4;/h5-8,11,16H,9-10H2,1-4H3,(H,17,20)(H,18,21);1H. The van der Waals surface area contributed by atoms with E-state index in [2.05, 4.69) is 16.0 Å². The molecule has 0 bridgehead atoms. The molecule has 7 heteroatoms. The molecule has 22 heavy (non-hydrogen) atoms. The Balaban J connectivity index is 0.00000441. The summed E-state index contributed by atoms with van der Waals surface area (Å²) in [7, 11) is 5.19. The van der Waals surface area contributed by atoms with Gasteiger partial charge in [-0.1, -0.05) is 19.1 Å². The van der Waals surface area contributed by atoms with Crippen molar-refractivity contribution in [3.8, 4) is 0 Å². The maximum atomic E-state index is 11.8. The van der Waals surface area contributed by atoms with E-state index in [4.69, 9.17) is 0 Å². The van der Waals surface area contributed by atoms with Crippen molar-refractivity contribution in [2.24, 2.45) is 5.92 Å². The van der Waals surface area contributed by atoms with Crippen LogP contribution in [0.5, 0.6) is 0 Å². The molecule has 1 aromatic carbocycles. The fraction of sp³-hybridized carbons (Fsp3) is 0.467. The minimum atomic E-state index is -0.182. The quantitative estimate of drug-likeness (QED) is 0.743. The summed E-state index contributed by atoms with van der Waals surface area (Å²) in [6.07, 6.45) is 0. The molecule has 3 amide bonds. The Morgan fingerprint density at radius 1 is 1.27 bits per heavy atom. The van der Waals surface area contributed by atoms with Crippen molar-refractivity contribution in [1.82, 2.24) is 15.5 Å². The lowest BCUT2D eigenvalue weighted by atomic mass is 10.1. The lowest BCUT2D eigenvalue weighted by Crippen LogP contribution is -2.33. The van der Waals surface area contributed by atoms with Crippen LogP contribution in [0.1, 0.15) is 12.5 Å². The number of anilines is 1. The topological polar surface area (TPSA) is 73.5 Å². The summed E-state index contributed by atoms with van der Waals surface area (Å²) in [4.78, 5) is 24.9. The van der Waals surface area contributed by atoms with Gasteiger partial charge in [-0.3, -0.25) is 4.79 Å². The Bertz CT molecular complexity index is 494. The molecular formula is C15H25ClN4O2. The van der Waals surface area contributed by atoms with Gasteiger partial charge in [0.1, 0.15) is 0 Å². The average Bonchev–Trinajstić information content (AvgIpc) is 2.45. The Labute approximate surface area is 138 Å². The summed E-state index contributed by atoms with van der Waals surface area (Å²) in [5.74, 6) is -0.0706. The molecule has 1 unspecified atom stereocenters. The van der Waals surface area contributed by atoms with E-state index in [-0.39, 0.29) is 30.3 Å². The van der Waals surface area contributed by atoms with Crippen molar-refractivity contribution in [1.29, 1.82) is 0 Å². The molecule has 6 nitrogen and oxygen atoms in total. The Morgan fingerprint density at radius 3 is 2.55 bits per heavy atom. The second-order valence-corrected chi connectivity index (χ2v) is 5.20. The molecule has 0 heterocycles. The predicted octanol–water partition coefficient (Wildman–Crippen LogP) is 1.67. The molecule has 0 fully saturated rings. The molecule has 0 aromatic heterocycles. The molecular weight excluding hydrogens is 304 g/mol. The number of nitrogens with zero attached hydrogens (tertiary/aromatic N) is 1. The first-order chi connectivity index (χ1) is 9.93. The van der Waals surface area contributed by atoms with E-state index < -0.39 is 0 Å². The molecule has 0 spiro atoms. The fourth-order valence-electron chi connectivity index (χ4n) is 1.76. The molecule has 0 saturated carbocycles. The third kappa shape index (κ3) is 6.78. The Morgan fingerprint density at radius 2 is 1.95 bits per heavy atom. The number of carbonyl (C=O) groups excluding carboxylic acids is 2. The minimum Gasteiger partial charge on any atom is -0.352 e. The summed E-state index contributed by atoms with van der Waals surface area (Å²) in [5.41, 5.74) is 1.65. The molecule has 1 rings (SSSR count). The maximum absolute atomic E-state index is 11.8. The predicted molar refractivity (Wildman–Crippen MR) is 91.3 cm³/mol. The lowest BCUT2D eigenvalue weighted by molar-refractivity contribution is -0.124. The van der Waals surface area contributed by atoms with Gasteiger partial charge < -0.3 is 20.9 Å². The van der Waals surface area contributed by atoms with Gasteiger partial charge in [0, 0.05) is 38.8 Å². The Kier molecular flexibility index (Phi) is 9.21. The van der Waals surface area contributed by atoms with Gasteiger partial charge in [-0.05, 0) is 24.7 Å². The van der Waals surface area contributed by atoms with Crippen molar-refractivity contribution in [2.75, 3.05) is 33.0 Å². The van der Waals surface area contributed by atoms with Gasteiger partial charge in [0.05, 0.1) is 0 Å². The largest absolute Gasteiger partial charge is 0.352 e. The molecule has 124 valence electrons. The van der Waals surface area contributed by atoms with Crippen LogP contribution in [0.4, 0.5) is 10.5 Å². The van der Waals surface area contributed by atoms with Crippen LogP contribution in [0.2, 0.25) is 0 Å². The normalized spacial score (nSPS) is 11.1. The van der Waals surface area contributed by atoms with Crippen LogP contribution in [-0.2, 0) is 11.3 Å². The number of urea groups is 1. The maximum Gasteiger partial charge on any atom is 0.321 e. The first-order valence-corrected chi connectivity index (χ1v) is 6.93. The summed E-state index contributed by atoms with van der Waals surface area (Å²) in [5, 5.41) is 8.64. The van der Waals surface area contributed by atoms with Gasteiger partial charge >= 0.3 is 6.03 Å². The second kappa shape index (κ2) is 10.0. The van der Waals surface area contributed by atoms with E-state index in [1.807, 2.05) is 38.2 Å². The van der Waals surface area contributed by atoms with Crippen LogP contribution in [-0.4, -0.2) is 44.5 Å². The summed E-state index contributed by atoms with van der Waals surface area (Å²) >= 11 is 0. The Hall–Kier alpha value is -1.79. The highest BCUT2D eigenvalue weighted by atomic mass is 35.5. The van der Waals surface area contributed by atoms with Crippen LogP contribution < -0.4 is 16.0 Å². The van der Waals surface area contributed by atoms with Gasteiger partial charge in [-0.2, -0.15) is 0 Å². The van der Waals surface area contributed by atoms with Crippen molar-refractivity contribution >= 4 is 30.0 Å². The summed E-state index contributed by atoms with van der Waals surface area (Å²) < 4.78 is 0. The molecule has 0 radical (unpaired) electrons. The smallest absolute Gasteiger partial charge is 0.321 e. The van der Waals surface area contributed by atoms with Crippen LogP contribution in [0.25, 0.3) is 0 Å². The molecule has 1 aromatic rings. The first-order valence-electron chi connectivity index (χ1n) is 6.93. The van der Waals surface area contributed by atoms with E-state index >= 15 is 0 Å². The van der Waals surface area contributed by atoms with Gasteiger partial charge in [-0.15, -0.1) is 12.4 Å². The van der Waals surface area contributed by atoms with Crippen molar-refractivity contribution < 1.29 is 9.59 Å². The van der Waals surface area contributed by atoms with Gasteiger partial charge in [0.2, 0.25) is 5.91 Å². The number of hydrogen-bond donors (Lipinski definition) is 3. The van der Waals surface area contributed by atoms with E-state index in [1.54, 1.807) is 14.1 Å². The number of benzene rings is 1. The molecule has 0 saturated heterocycles. The van der Waals surface area contributed by atoms with Crippen LogP contribution in [0.15, 0.2) is 24.3 Å². The molecule has 3 N–H and O–H groups in total. The zero-order valence-corrected chi connectivity index (χ0v) is 14.3. The van der Waals surface area contributed by atoms with Gasteiger partial charge in [0.25, 0.3) is 0 Å². The highest BCUT2D eigenvalue weighted by molar-refractivity contribution is 5.89. The zero-order chi connectivity index (χ0) is 15.8. The monoisotopic (exact) mass is 328 g/mol. The van der Waals surface area contributed by atoms with E-state index in [0.29, 0.717) is 18.8 Å². The number of carbonyl (C=O) groups is 2. The van der Waals surface area contributed by atoms with Crippen molar-refractivity contribution in [2.45, 2.75) is 13.5 Å². The minimum absolute atomic E-state index is 0. The highest BCUT2D eigenvalue weighted by Crippen LogP contribution is 2.11. The number of hydrogen-bond acceptors (Lipinski definition) is 3. The number of rotatable bonds is 6. The third-order valence-electron chi connectivity index (χ3n) is 3.01. The number of nitrogens with one attached hydrogen (secondary N) is 3. The molecule has 0 aliphatic carbocycles. The third-order valence-corrected chi connectivity index (χ3v) is 3.01. The summed E-state index contributed by atoms with van der Waals surface area (Å²) in [6, 6.07) is 7.25. The van der Waals surface area contributed by atoms with Gasteiger partial charge in [0.15, 0.2) is 0 Å². The average molecular weight is 329 g/mol. The molecule has 1 atom stereocenters.